The Balaban J connectivity index is 1.94. The fraction of sp³-hybridized carbons (Fsp3) is 0.211. The minimum Gasteiger partial charge on any atom is -0.449 e. The number of carbonyl (C=O) groups excluding carboxylic acids is 3. The largest absolute Gasteiger partial charge is 0.449 e. The third-order valence-electron chi connectivity index (χ3n) is 3.58. The van der Waals surface area contributed by atoms with Gasteiger partial charge in [0.1, 0.15) is 0 Å². The zero-order valence-corrected chi connectivity index (χ0v) is 14.0. The van der Waals surface area contributed by atoms with Gasteiger partial charge in [0, 0.05) is 11.3 Å². The summed E-state index contributed by atoms with van der Waals surface area (Å²) >= 11 is 0. The van der Waals surface area contributed by atoms with Gasteiger partial charge in [0.2, 0.25) is 0 Å². The van der Waals surface area contributed by atoms with Crippen LogP contribution in [0.25, 0.3) is 0 Å². The molecule has 0 saturated carbocycles. The predicted molar refractivity (Wildman–Crippen MR) is 92.3 cm³/mol. The van der Waals surface area contributed by atoms with E-state index in [1.54, 1.807) is 36.4 Å². The lowest BCUT2D eigenvalue weighted by atomic mass is 10.1. The summed E-state index contributed by atoms with van der Waals surface area (Å²) in [6, 6.07) is 12.7. The van der Waals surface area contributed by atoms with E-state index in [2.05, 4.69) is 5.32 Å². The second-order valence-corrected chi connectivity index (χ2v) is 5.53. The monoisotopic (exact) mass is 341 g/mol. The van der Waals surface area contributed by atoms with Crippen molar-refractivity contribution in [3.05, 3.63) is 65.2 Å². The maximum Gasteiger partial charge on any atom is 0.338 e. The third-order valence-corrected chi connectivity index (χ3v) is 3.58. The van der Waals surface area contributed by atoms with Crippen LogP contribution in [0.2, 0.25) is 0 Å². The molecule has 0 heterocycles. The molecule has 6 heteroatoms. The topological polar surface area (TPSA) is 92.7 Å². The van der Waals surface area contributed by atoms with Crippen LogP contribution in [-0.4, -0.2) is 28.9 Å². The summed E-state index contributed by atoms with van der Waals surface area (Å²) in [5, 5.41) is 11.6. The molecule has 0 bridgehead atoms. The van der Waals surface area contributed by atoms with Gasteiger partial charge in [-0.2, -0.15) is 0 Å². The first kappa shape index (κ1) is 18.4. The van der Waals surface area contributed by atoms with Crippen molar-refractivity contribution in [3.8, 4) is 0 Å². The van der Waals surface area contributed by atoms with Gasteiger partial charge in [-0.1, -0.05) is 12.1 Å². The van der Waals surface area contributed by atoms with E-state index < -0.39 is 18.0 Å². The van der Waals surface area contributed by atoms with Crippen molar-refractivity contribution in [2.45, 2.75) is 26.6 Å². The smallest absolute Gasteiger partial charge is 0.338 e. The molecule has 1 amide bonds. The number of amides is 1. The summed E-state index contributed by atoms with van der Waals surface area (Å²) in [7, 11) is 0. The van der Waals surface area contributed by atoms with Crippen LogP contribution in [0, 0.1) is 0 Å². The molecule has 0 aliphatic carbocycles. The molecule has 6 nitrogen and oxygen atoms in total. The van der Waals surface area contributed by atoms with E-state index in [0.29, 0.717) is 22.4 Å². The molecule has 0 fully saturated rings. The number of ketones is 1. The molecule has 0 radical (unpaired) electrons. The van der Waals surface area contributed by atoms with Crippen LogP contribution < -0.4 is 5.32 Å². The number of aliphatic hydroxyl groups excluding tert-OH is 1. The molecule has 2 aromatic rings. The van der Waals surface area contributed by atoms with Crippen LogP contribution in [0.15, 0.2) is 48.5 Å². The van der Waals surface area contributed by atoms with Crippen molar-refractivity contribution in [2.24, 2.45) is 0 Å². The molecule has 2 aromatic carbocycles. The molecule has 0 saturated heterocycles. The zero-order chi connectivity index (χ0) is 18.4. The second-order valence-electron chi connectivity index (χ2n) is 5.53. The fourth-order valence-electron chi connectivity index (χ4n) is 2.06. The van der Waals surface area contributed by atoms with E-state index in [4.69, 9.17) is 9.84 Å². The lowest BCUT2D eigenvalue weighted by Gasteiger charge is -2.14. The van der Waals surface area contributed by atoms with Crippen molar-refractivity contribution in [1.29, 1.82) is 0 Å². The number of nitrogens with one attached hydrogen (secondary N) is 1. The van der Waals surface area contributed by atoms with Crippen molar-refractivity contribution in [1.82, 2.24) is 0 Å². The van der Waals surface area contributed by atoms with Crippen molar-refractivity contribution in [3.63, 3.8) is 0 Å². The van der Waals surface area contributed by atoms with Crippen molar-refractivity contribution in [2.75, 3.05) is 5.32 Å². The van der Waals surface area contributed by atoms with Gasteiger partial charge < -0.3 is 15.2 Å². The molecular weight excluding hydrogens is 322 g/mol. The Morgan fingerprint density at radius 2 is 1.56 bits per heavy atom. The number of aliphatic hydroxyl groups is 1. The molecule has 1 unspecified atom stereocenters. The van der Waals surface area contributed by atoms with Gasteiger partial charge in [-0.25, -0.2) is 4.79 Å². The van der Waals surface area contributed by atoms with Gasteiger partial charge in [-0.3, -0.25) is 9.59 Å². The number of hydrogen-bond donors (Lipinski definition) is 2. The highest BCUT2D eigenvalue weighted by molar-refractivity contribution is 5.98. The Bertz CT molecular complexity index is 765. The van der Waals surface area contributed by atoms with Gasteiger partial charge in [0.05, 0.1) is 12.2 Å². The summed E-state index contributed by atoms with van der Waals surface area (Å²) < 4.78 is 5.14. The third kappa shape index (κ3) is 4.99. The van der Waals surface area contributed by atoms with Crippen molar-refractivity contribution < 1.29 is 24.2 Å². The Labute approximate surface area is 145 Å². The molecule has 2 N–H and O–H groups in total. The highest BCUT2D eigenvalue weighted by atomic mass is 16.5. The van der Waals surface area contributed by atoms with Gasteiger partial charge >= 0.3 is 5.97 Å². The van der Waals surface area contributed by atoms with Crippen molar-refractivity contribution >= 4 is 23.3 Å². The highest BCUT2D eigenvalue weighted by Gasteiger charge is 2.19. The molecular formula is C19H19NO5. The standard InChI is InChI=1S/C19H19NO5/c1-12(22)15-7-9-17(10-8-15)20-18(23)13(2)25-19(24)16-5-3-14(11-21)4-6-16/h3-10,13,21H,11H2,1-2H3,(H,20,23). The minimum atomic E-state index is -0.988. The average Bonchev–Trinajstić information content (AvgIpc) is 2.62. The number of benzene rings is 2. The molecule has 0 aliphatic heterocycles. The lowest BCUT2D eigenvalue weighted by Crippen LogP contribution is -2.30. The minimum absolute atomic E-state index is 0.0626. The number of rotatable bonds is 6. The Hall–Kier alpha value is -2.99. The molecule has 0 spiro atoms. The maximum atomic E-state index is 12.1. The molecule has 1 atom stereocenters. The predicted octanol–water partition coefficient (Wildman–Crippen LogP) is 2.57. The first-order valence-corrected chi connectivity index (χ1v) is 7.73. The first-order chi connectivity index (χ1) is 11.9. The number of ether oxygens (including phenoxy) is 1. The summed E-state index contributed by atoms with van der Waals surface area (Å²) in [6.07, 6.45) is -0.988. The summed E-state index contributed by atoms with van der Waals surface area (Å²) in [4.78, 5) is 35.4. The van der Waals surface area contributed by atoms with E-state index in [0.717, 1.165) is 0 Å². The number of hydrogen-bond acceptors (Lipinski definition) is 5. The lowest BCUT2D eigenvalue weighted by molar-refractivity contribution is -0.123. The second kappa shape index (κ2) is 8.21. The summed E-state index contributed by atoms with van der Waals surface area (Å²) in [5.74, 6) is -1.16. The van der Waals surface area contributed by atoms with Crippen LogP contribution in [0.4, 0.5) is 5.69 Å². The van der Waals surface area contributed by atoms with Crippen LogP contribution in [0.1, 0.15) is 40.1 Å². The SMILES string of the molecule is CC(=O)c1ccc(NC(=O)C(C)OC(=O)c2ccc(CO)cc2)cc1. The van der Waals surface area contributed by atoms with Crippen LogP contribution in [0.5, 0.6) is 0 Å². The van der Waals surface area contributed by atoms with E-state index >= 15 is 0 Å². The Morgan fingerprint density at radius 1 is 1.00 bits per heavy atom. The summed E-state index contributed by atoms with van der Waals surface area (Å²) in [5.41, 5.74) is 2.02. The average molecular weight is 341 g/mol. The molecule has 130 valence electrons. The number of carbonyl (C=O) groups is 3. The van der Waals surface area contributed by atoms with E-state index in [1.165, 1.54) is 26.0 Å². The van der Waals surface area contributed by atoms with Gasteiger partial charge in [-0.15, -0.1) is 0 Å². The normalized spacial score (nSPS) is 11.5. The van der Waals surface area contributed by atoms with Gasteiger partial charge in [-0.05, 0) is 55.8 Å². The van der Waals surface area contributed by atoms with Crippen LogP contribution in [0.3, 0.4) is 0 Å². The first-order valence-electron chi connectivity index (χ1n) is 7.73. The Morgan fingerprint density at radius 3 is 2.08 bits per heavy atom. The molecule has 0 aromatic heterocycles. The van der Waals surface area contributed by atoms with Gasteiger partial charge in [0.25, 0.3) is 5.91 Å². The maximum absolute atomic E-state index is 12.1. The number of Topliss-reactive ketones (excluding diaryl/α,β-unsaturated/α-hetero) is 1. The molecule has 0 aliphatic rings. The fourth-order valence-corrected chi connectivity index (χ4v) is 2.06. The van der Waals surface area contributed by atoms with E-state index in [1.807, 2.05) is 0 Å². The quantitative estimate of drug-likeness (QED) is 0.622. The summed E-state index contributed by atoms with van der Waals surface area (Å²) in [6.45, 7) is 2.82. The van der Waals surface area contributed by atoms with Gasteiger partial charge in [0.15, 0.2) is 11.9 Å². The zero-order valence-electron chi connectivity index (χ0n) is 14.0. The van der Waals surface area contributed by atoms with Crippen LogP contribution >= 0.6 is 0 Å². The number of esters is 1. The van der Waals surface area contributed by atoms with E-state index in [9.17, 15) is 14.4 Å². The molecule has 2 rings (SSSR count). The van der Waals surface area contributed by atoms with E-state index in [-0.39, 0.29) is 12.4 Å². The number of anilines is 1. The Kier molecular flexibility index (Phi) is 6.03. The van der Waals surface area contributed by atoms with Crippen LogP contribution in [-0.2, 0) is 16.1 Å². The highest BCUT2D eigenvalue weighted by Crippen LogP contribution is 2.12. The molecule has 25 heavy (non-hydrogen) atoms.